The lowest BCUT2D eigenvalue weighted by Crippen LogP contribution is -2.62. The molecular formula is C53H77N11O15S2. The molecule has 2 saturated heterocycles. The summed E-state index contributed by atoms with van der Waals surface area (Å²) in [4.78, 5) is 157. The van der Waals surface area contributed by atoms with Crippen molar-refractivity contribution >= 4 is 99.4 Å². The Balaban J connectivity index is 1.37. The average Bonchev–Trinajstić information content (AvgIpc) is 4.06. The summed E-state index contributed by atoms with van der Waals surface area (Å²) in [6.45, 7) is 8.71. The van der Waals surface area contributed by atoms with Crippen LogP contribution in [0.2, 0.25) is 0 Å². The van der Waals surface area contributed by atoms with Crippen molar-refractivity contribution in [3.63, 3.8) is 0 Å². The third-order valence-electron chi connectivity index (χ3n) is 14.6. The summed E-state index contributed by atoms with van der Waals surface area (Å²) in [5, 5.41) is 50.0. The Kier molecular flexibility index (Phi) is 22.4. The number of H-pyrrole nitrogens is 1. The standard InChI is InChI=1S/C53H77N11O15S2/c1-7-26(2)43-48(75)56-21-40(69)57-35-25-80-50-31(30-13-12-29(17-32(30)60-50)79-15-11-9-8-10-14-63-42(71)20-38(52(63)78)81-53(4,5)6)18-33(45(72)55-22-41(70)61-43)58-49(76)44(27(3)37(67)24-65)62-47(74)36-16-28(66)23-64(36)51(77)34(19-39(54)68)59-46(35)73/h12-13,17,26-28,33-38,43-44,60,65-67H,7-11,14-16,18-25H2,1-6H3,(H2,54,68)(H,55,72)(H,56,75)(H,57,69)(H,58,76)(H,59,73)(H,61,70)(H,62,74)/t26-,27-,28+,33-,34-,35-,36-,37-,38?,43-,44-/m0/s1. The Bertz CT molecular complexity index is 2700. The van der Waals surface area contributed by atoms with Crippen molar-refractivity contribution in [1.29, 1.82) is 0 Å². The normalized spacial score (nSPS) is 26.3. The Labute approximate surface area is 477 Å². The van der Waals surface area contributed by atoms with Gasteiger partial charge in [0, 0.05) is 60.2 Å². The van der Waals surface area contributed by atoms with E-state index in [2.05, 4.69) is 42.2 Å². The van der Waals surface area contributed by atoms with E-state index in [0.717, 1.165) is 29.5 Å². The molecular weight excluding hydrogens is 1090 g/mol. The minimum Gasteiger partial charge on any atom is -0.494 e. The third-order valence-corrected chi connectivity index (χ3v) is 17.1. The lowest BCUT2D eigenvalue weighted by Gasteiger charge is -2.32. The Morgan fingerprint density at radius 3 is 2.20 bits per heavy atom. The molecule has 0 radical (unpaired) electrons. The maximum atomic E-state index is 14.7. The van der Waals surface area contributed by atoms with E-state index in [-0.39, 0.29) is 46.8 Å². The predicted molar refractivity (Wildman–Crippen MR) is 296 cm³/mol. The van der Waals surface area contributed by atoms with Crippen LogP contribution in [0.3, 0.4) is 0 Å². The number of thioether (sulfide) groups is 2. The minimum absolute atomic E-state index is 0.152. The molecule has 2 bridgehead atoms. The number of fused-ring (bicyclic) bond motifs is 5. The average molecular weight is 1170 g/mol. The zero-order valence-electron chi connectivity index (χ0n) is 46.4. The number of rotatable bonds is 16. The van der Waals surface area contributed by atoms with Gasteiger partial charge in [-0.25, -0.2) is 0 Å². The number of hydrogen-bond donors (Lipinski definition) is 12. The predicted octanol–water partition coefficient (Wildman–Crippen LogP) is -2.04. The molecule has 1 aromatic heterocycles. The van der Waals surface area contributed by atoms with Gasteiger partial charge in [0.15, 0.2) is 0 Å². The van der Waals surface area contributed by atoms with E-state index in [4.69, 9.17) is 10.5 Å². The summed E-state index contributed by atoms with van der Waals surface area (Å²) in [5.74, 6) is -10.5. The van der Waals surface area contributed by atoms with Gasteiger partial charge in [-0.2, -0.15) is 0 Å². The van der Waals surface area contributed by atoms with Crippen LogP contribution in [0.25, 0.3) is 10.9 Å². The van der Waals surface area contributed by atoms with Gasteiger partial charge in [-0.3, -0.25) is 57.6 Å². The molecule has 11 atom stereocenters. The summed E-state index contributed by atoms with van der Waals surface area (Å²) in [5.41, 5.74) is 6.42. The zero-order valence-corrected chi connectivity index (χ0v) is 48.1. The maximum Gasteiger partial charge on any atom is 0.246 e. The summed E-state index contributed by atoms with van der Waals surface area (Å²) >= 11 is 2.48. The second-order valence-corrected chi connectivity index (χ2v) is 25.1. The van der Waals surface area contributed by atoms with E-state index in [0.29, 0.717) is 59.7 Å². The molecule has 1 unspecified atom stereocenters. The van der Waals surface area contributed by atoms with Crippen LogP contribution in [-0.2, 0) is 59.2 Å². The Morgan fingerprint density at radius 2 is 1.52 bits per heavy atom. The van der Waals surface area contributed by atoms with Gasteiger partial charge in [-0.15, -0.1) is 23.5 Å². The summed E-state index contributed by atoms with van der Waals surface area (Å²) in [6.07, 6.45) is -1.16. The molecule has 26 nitrogen and oxygen atoms in total. The van der Waals surface area contributed by atoms with Gasteiger partial charge in [-0.1, -0.05) is 60.8 Å². The highest BCUT2D eigenvalue weighted by atomic mass is 32.2. The number of benzene rings is 1. The number of aliphatic hydroxyl groups excluding tert-OH is 3. The molecule has 0 spiro atoms. The lowest BCUT2D eigenvalue weighted by atomic mass is 9.93. The molecule has 11 amide bonds. The zero-order chi connectivity index (χ0) is 59.5. The number of primary amides is 1. The number of nitrogens with one attached hydrogen (secondary N) is 8. The number of carbonyl (C=O) groups excluding carboxylic acids is 11. The van der Waals surface area contributed by atoms with Crippen LogP contribution < -0.4 is 47.7 Å². The summed E-state index contributed by atoms with van der Waals surface area (Å²) in [6, 6.07) is -4.32. The molecule has 5 heterocycles. The SMILES string of the molecule is CC[C@H](C)[C@@H]1NC(=O)CNC(=O)[C@@H]2Cc3c([nH]c4cc(OCCCCCCN5C(=O)CC(SC(C)(C)C)C5=O)ccc34)SC[C@H](NC(=O)CNC1=O)C(=O)N[C@@H](CC(N)=O)C(=O)N1C[C@H](O)C[C@H]1C(=O)N[C@@H]([C@@H](C)[C@@H](O)CO)C(=O)N2. The topological polar surface area (TPSA) is 390 Å². The second kappa shape index (κ2) is 28.5. The van der Waals surface area contributed by atoms with Gasteiger partial charge in [0.1, 0.15) is 42.0 Å². The molecule has 28 heteroatoms. The van der Waals surface area contributed by atoms with Crippen LogP contribution in [-0.4, -0.2) is 199 Å². The number of hydrogen-bond acceptors (Lipinski definition) is 17. The number of ether oxygens (including phenoxy) is 1. The number of nitrogens with zero attached hydrogens (tertiary/aromatic N) is 2. The molecule has 0 saturated carbocycles. The number of aromatic amines is 1. The minimum atomic E-state index is -1.77. The van der Waals surface area contributed by atoms with Gasteiger partial charge in [0.2, 0.25) is 65.0 Å². The van der Waals surface area contributed by atoms with Gasteiger partial charge in [0.05, 0.1) is 60.7 Å². The van der Waals surface area contributed by atoms with E-state index >= 15 is 0 Å². The number of nitrogens with two attached hydrogens (primary N) is 1. The van der Waals surface area contributed by atoms with Gasteiger partial charge >= 0.3 is 0 Å². The molecule has 4 aliphatic heterocycles. The Hall–Kier alpha value is -6.49. The molecule has 0 aliphatic carbocycles. The van der Waals surface area contributed by atoms with E-state index in [1.54, 1.807) is 32.0 Å². The smallest absolute Gasteiger partial charge is 0.246 e. The van der Waals surface area contributed by atoms with Crippen molar-refractivity contribution in [3.8, 4) is 5.75 Å². The van der Waals surface area contributed by atoms with Crippen LogP contribution >= 0.6 is 23.5 Å². The molecule has 1 aromatic carbocycles. The molecule has 446 valence electrons. The highest BCUT2D eigenvalue weighted by Gasteiger charge is 2.45. The van der Waals surface area contributed by atoms with Crippen molar-refractivity contribution in [3.05, 3.63) is 23.8 Å². The van der Waals surface area contributed by atoms with Crippen molar-refractivity contribution in [2.75, 3.05) is 45.1 Å². The number of imide groups is 1. The number of likely N-dealkylation sites (tertiary alicyclic amines) is 1. The highest BCUT2D eigenvalue weighted by Crippen LogP contribution is 2.36. The van der Waals surface area contributed by atoms with Crippen LogP contribution in [0.4, 0.5) is 0 Å². The van der Waals surface area contributed by atoms with Crippen molar-refractivity contribution in [1.82, 2.24) is 52.0 Å². The number of amides is 11. The summed E-state index contributed by atoms with van der Waals surface area (Å²) < 4.78 is 5.99. The van der Waals surface area contributed by atoms with Crippen LogP contribution in [0.15, 0.2) is 23.2 Å². The van der Waals surface area contributed by atoms with E-state index in [1.807, 2.05) is 20.8 Å². The van der Waals surface area contributed by atoms with E-state index in [9.17, 15) is 68.1 Å². The Morgan fingerprint density at radius 1 is 0.827 bits per heavy atom. The van der Waals surface area contributed by atoms with Gasteiger partial charge in [0.25, 0.3) is 0 Å². The second-order valence-electron chi connectivity index (χ2n) is 22.0. The number of aromatic nitrogens is 1. The molecule has 81 heavy (non-hydrogen) atoms. The molecule has 4 aliphatic rings. The van der Waals surface area contributed by atoms with Gasteiger partial charge < -0.3 is 72.9 Å². The largest absolute Gasteiger partial charge is 0.494 e. The van der Waals surface area contributed by atoms with Crippen molar-refractivity contribution in [2.24, 2.45) is 17.6 Å². The molecule has 6 rings (SSSR count). The maximum absolute atomic E-state index is 14.7. The molecule has 13 N–H and O–H groups in total. The quantitative estimate of drug-likeness (QED) is 0.0636. The number of aliphatic hydroxyl groups is 3. The fraction of sp³-hybridized carbons (Fsp3) is 0.642. The summed E-state index contributed by atoms with van der Waals surface area (Å²) in [7, 11) is 0. The fourth-order valence-corrected chi connectivity index (χ4v) is 12.4. The van der Waals surface area contributed by atoms with Crippen LogP contribution in [0.5, 0.6) is 5.75 Å². The highest BCUT2D eigenvalue weighted by molar-refractivity contribution is 8.02. The van der Waals surface area contributed by atoms with Crippen molar-refractivity contribution < 1.29 is 72.8 Å². The monoisotopic (exact) mass is 1170 g/mol. The van der Waals surface area contributed by atoms with E-state index < -0.39 is 146 Å². The third kappa shape index (κ3) is 17.0. The fourth-order valence-electron chi connectivity index (χ4n) is 9.97. The lowest BCUT2D eigenvalue weighted by molar-refractivity contribution is -0.144. The first kappa shape index (κ1) is 63.7. The first-order chi connectivity index (χ1) is 38.3. The van der Waals surface area contributed by atoms with E-state index in [1.165, 1.54) is 23.6 Å². The van der Waals surface area contributed by atoms with Crippen LogP contribution in [0, 0.1) is 11.8 Å². The molecule has 2 aromatic rings. The number of unbranched alkanes of at least 4 members (excludes halogenated alkanes) is 3. The number of carbonyl (C=O) groups is 11. The first-order valence-corrected chi connectivity index (χ1v) is 29.2. The van der Waals surface area contributed by atoms with Crippen LogP contribution in [0.1, 0.15) is 98.5 Å². The first-order valence-electron chi connectivity index (χ1n) is 27.3. The molecule has 2 fully saturated rings. The van der Waals surface area contributed by atoms with Crippen molar-refractivity contribution in [2.45, 2.75) is 163 Å². The van der Waals surface area contributed by atoms with Gasteiger partial charge in [-0.05, 0) is 36.5 Å².